The minimum Gasteiger partial charge on any atom is -0.384 e. The van der Waals surface area contributed by atoms with Crippen LogP contribution < -0.4 is 4.90 Å². The van der Waals surface area contributed by atoms with Crippen LogP contribution in [0.5, 0.6) is 0 Å². The van der Waals surface area contributed by atoms with E-state index >= 15 is 0 Å². The first-order valence-corrected chi connectivity index (χ1v) is 6.08. The molecule has 0 saturated carbocycles. The molecule has 19 heavy (non-hydrogen) atoms. The summed E-state index contributed by atoms with van der Waals surface area (Å²) in [6.07, 6.45) is 1.02. The first kappa shape index (κ1) is 13.3. The summed E-state index contributed by atoms with van der Waals surface area (Å²) < 4.78 is 5.13. The number of nitrogens with zero attached hydrogens (tertiary/aromatic N) is 3. The van der Waals surface area contributed by atoms with E-state index in [0.29, 0.717) is 12.5 Å². The highest BCUT2D eigenvalue weighted by Crippen LogP contribution is 2.29. The molecule has 1 aromatic carbocycles. The van der Waals surface area contributed by atoms with E-state index in [1.165, 1.54) is 12.1 Å². The lowest BCUT2D eigenvalue weighted by molar-refractivity contribution is -0.385. The average molecular weight is 261 g/mol. The molecule has 1 heterocycles. The minimum atomic E-state index is -0.509. The number of hydrogen-bond donors (Lipinski definition) is 0. The minimum absolute atomic E-state index is 0.0985. The maximum atomic E-state index is 10.9. The highest BCUT2D eigenvalue weighted by Gasteiger charge is 2.24. The Balaban J connectivity index is 2.20. The van der Waals surface area contributed by atoms with Crippen molar-refractivity contribution in [2.45, 2.75) is 6.42 Å². The highest BCUT2D eigenvalue weighted by molar-refractivity contribution is 5.60. The number of nitro groups is 1. The van der Waals surface area contributed by atoms with Gasteiger partial charge in [-0.2, -0.15) is 5.26 Å². The van der Waals surface area contributed by atoms with E-state index in [1.54, 1.807) is 13.2 Å². The molecule has 0 spiro atoms. The van der Waals surface area contributed by atoms with Crippen LogP contribution in [0.2, 0.25) is 0 Å². The lowest BCUT2D eigenvalue weighted by atomic mass is 10.1. The van der Waals surface area contributed by atoms with Crippen molar-refractivity contribution in [3.63, 3.8) is 0 Å². The number of hydrogen-bond acceptors (Lipinski definition) is 5. The Morgan fingerprint density at radius 3 is 3.05 bits per heavy atom. The van der Waals surface area contributed by atoms with Gasteiger partial charge < -0.3 is 9.64 Å². The van der Waals surface area contributed by atoms with Gasteiger partial charge in [0.2, 0.25) is 0 Å². The van der Waals surface area contributed by atoms with Gasteiger partial charge in [0.25, 0.3) is 5.69 Å². The van der Waals surface area contributed by atoms with Crippen LogP contribution in [0.3, 0.4) is 0 Å². The number of nitriles is 1. The van der Waals surface area contributed by atoms with Crippen LogP contribution in [0.1, 0.15) is 12.0 Å². The van der Waals surface area contributed by atoms with Gasteiger partial charge >= 0.3 is 0 Å². The van der Waals surface area contributed by atoms with Gasteiger partial charge in [0.15, 0.2) is 0 Å². The lowest BCUT2D eigenvalue weighted by Gasteiger charge is -2.18. The van der Waals surface area contributed by atoms with Gasteiger partial charge in [-0.3, -0.25) is 10.1 Å². The lowest BCUT2D eigenvalue weighted by Crippen LogP contribution is -2.21. The Morgan fingerprint density at radius 2 is 2.42 bits per heavy atom. The van der Waals surface area contributed by atoms with Crippen LogP contribution in [0.25, 0.3) is 0 Å². The fraction of sp³-hybridized carbons (Fsp3) is 0.462. The quantitative estimate of drug-likeness (QED) is 0.611. The van der Waals surface area contributed by atoms with E-state index in [9.17, 15) is 10.1 Å². The fourth-order valence-corrected chi connectivity index (χ4v) is 2.40. The molecule has 6 nitrogen and oxygen atoms in total. The van der Waals surface area contributed by atoms with Crippen LogP contribution in [-0.2, 0) is 4.74 Å². The summed E-state index contributed by atoms with van der Waals surface area (Å²) in [5.41, 5.74) is 0.765. The van der Waals surface area contributed by atoms with Crippen molar-refractivity contribution in [1.82, 2.24) is 0 Å². The Kier molecular flexibility index (Phi) is 3.97. The largest absolute Gasteiger partial charge is 0.384 e. The Labute approximate surface area is 111 Å². The average Bonchev–Trinajstić information content (AvgIpc) is 2.87. The van der Waals surface area contributed by atoms with E-state index in [-0.39, 0.29) is 11.3 Å². The topological polar surface area (TPSA) is 79.4 Å². The van der Waals surface area contributed by atoms with Gasteiger partial charge in [-0.05, 0) is 18.6 Å². The summed E-state index contributed by atoms with van der Waals surface area (Å²) in [7, 11) is 1.68. The molecule has 0 N–H and O–H groups in total. The Morgan fingerprint density at radius 1 is 1.63 bits per heavy atom. The van der Waals surface area contributed by atoms with Crippen molar-refractivity contribution in [1.29, 1.82) is 5.26 Å². The first-order chi connectivity index (χ1) is 9.15. The standard InChI is InChI=1S/C13H15N3O3/c1-19-9-10-4-5-15(8-10)12-3-2-11(7-14)13(6-12)16(17)18/h2-3,6,10H,4-5,8-9H2,1H3. The van der Waals surface area contributed by atoms with Crippen LogP contribution in [0.4, 0.5) is 11.4 Å². The number of methoxy groups -OCH3 is 1. The second-order valence-electron chi connectivity index (χ2n) is 4.63. The van der Waals surface area contributed by atoms with E-state index < -0.39 is 4.92 Å². The molecule has 1 aliphatic rings. The third kappa shape index (κ3) is 2.83. The number of nitro benzene ring substituents is 1. The molecule has 2 rings (SSSR count). The molecule has 1 atom stereocenters. The van der Waals surface area contributed by atoms with E-state index in [4.69, 9.17) is 10.00 Å². The van der Waals surface area contributed by atoms with E-state index in [1.807, 2.05) is 6.07 Å². The molecule has 100 valence electrons. The zero-order chi connectivity index (χ0) is 13.8. The highest BCUT2D eigenvalue weighted by atomic mass is 16.6. The maximum absolute atomic E-state index is 10.9. The third-order valence-electron chi connectivity index (χ3n) is 3.35. The van der Waals surface area contributed by atoms with E-state index in [2.05, 4.69) is 4.90 Å². The molecule has 1 unspecified atom stereocenters. The molecule has 6 heteroatoms. The summed E-state index contributed by atoms with van der Waals surface area (Å²) in [6.45, 7) is 2.39. The number of anilines is 1. The number of ether oxygens (including phenoxy) is 1. The van der Waals surface area contributed by atoms with Gasteiger partial charge in [-0.15, -0.1) is 0 Å². The van der Waals surface area contributed by atoms with Crippen molar-refractivity contribution in [3.05, 3.63) is 33.9 Å². The van der Waals surface area contributed by atoms with Crippen LogP contribution in [0.15, 0.2) is 18.2 Å². The molecule has 0 bridgehead atoms. The molecule has 1 aliphatic heterocycles. The number of rotatable bonds is 4. The summed E-state index contributed by atoms with van der Waals surface area (Å²) in [6, 6.07) is 6.60. The van der Waals surface area contributed by atoms with E-state index in [0.717, 1.165) is 25.2 Å². The van der Waals surface area contributed by atoms with Gasteiger partial charge in [-0.25, -0.2) is 0 Å². The molecular formula is C13H15N3O3. The predicted molar refractivity (Wildman–Crippen MR) is 70.0 cm³/mol. The third-order valence-corrected chi connectivity index (χ3v) is 3.35. The van der Waals surface area contributed by atoms with Crippen molar-refractivity contribution in [2.75, 3.05) is 31.7 Å². The second-order valence-corrected chi connectivity index (χ2v) is 4.63. The fourth-order valence-electron chi connectivity index (χ4n) is 2.40. The maximum Gasteiger partial charge on any atom is 0.289 e. The Bertz CT molecular complexity index is 524. The predicted octanol–water partition coefficient (Wildman–Crippen LogP) is 1.94. The SMILES string of the molecule is COCC1CCN(c2ccc(C#N)c([N+](=O)[O-])c2)C1. The zero-order valence-electron chi connectivity index (χ0n) is 10.7. The van der Waals surface area contributed by atoms with Crippen LogP contribution >= 0.6 is 0 Å². The molecule has 0 aromatic heterocycles. The molecule has 0 aliphatic carbocycles. The van der Waals surface area contributed by atoms with Gasteiger partial charge in [0, 0.05) is 37.9 Å². The number of benzene rings is 1. The summed E-state index contributed by atoms with van der Waals surface area (Å²) in [5, 5.41) is 19.8. The molecular weight excluding hydrogens is 246 g/mol. The Hall–Kier alpha value is -2.13. The summed E-state index contributed by atoms with van der Waals surface area (Å²) >= 11 is 0. The molecule has 1 saturated heterocycles. The monoisotopic (exact) mass is 261 g/mol. The molecule has 1 aromatic rings. The molecule has 1 fully saturated rings. The van der Waals surface area contributed by atoms with Crippen molar-refractivity contribution < 1.29 is 9.66 Å². The molecule has 0 amide bonds. The van der Waals surface area contributed by atoms with Crippen LogP contribution in [0, 0.1) is 27.4 Å². The smallest absolute Gasteiger partial charge is 0.289 e. The second kappa shape index (κ2) is 5.67. The van der Waals surface area contributed by atoms with Crippen molar-refractivity contribution in [3.8, 4) is 6.07 Å². The van der Waals surface area contributed by atoms with Crippen LogP contribution in [-0.4, -0.2) is 31.7 Å². The zero-order valence-corrected chi connectivity index (χ0v) is 10.7. The normalized spacial score (nSPS) is 18.3. The van der Waals surface area contributed by atoms with Gasteiger partial charge in [-0.1, -0.05) is 0 Å². The first-order valence-electron chi connectivity index (χ1n) is 6.08. The van der Waals surface area contributed by atoms with Crippen molar-refractivity contribution >= 4 is 11.4 Å². The summed E-state index contributed by atoms with van der Waals surface area (Å²) in [4.78, 5) is 12.5. The van der Waals surface area contributed by atoms with Gasteiger partial charge in [0.1, 0.15) is 11.6 Å². The van der Waals surface area contributed by atoms with Gasteiger partial charge in [0.05, 0.1) is 11.5 Å². The molecule has 0 radical (unpaired) electrons. The van der Waals surface area contributed by atoms with Crippen molar-refractivity contribution in [2.24, 2.45) is 5.92 Å². The summed E-state index contributed by atoms with van der Waals surface area (Å²) in [5.74, 6) is 0.458.